The summed E-state index contributed by atoms with van der Waals surface area (Å²) in [4.78, 5) is 12.3. The third-order valence-corrected chi connectivity index (χ3v) is 4.37. The van der Waals surface area contributed by atoms with E-state index in [-0.39, 0.29) is 0 Å². The van der Waals surface area contributed by atoms with Gasteiger partial charge in [-0.3, -0.25) is 0 Å². The van der Waals surface area contributed by atoms with Gasteiger partial charge in [-0.25, -0.2) is 9.97 Å². The predicted molar refractivity (Wildman–Crippen MR) is 88.7 cm³/mol. The Bertz CT molecular complexity index is 701. The first kappa shape index (κ1) is 14.2. The summed E-state index contributed by atoms with van der Waals surface area (Å²) >= 11 is 1.71. The van der Waals surface area contributed by atoms with Crippen LogP contribution in [-0.4, -0.2) is 28.0 Å². The van der Waals surface area contributed by atoms with Crippen molar-refractivity contribution in [3.63, 3.8) is 0 Å². The number of nitrogens with zero attached hydrogens (tertiary/aromatic N) is 2. The number of hydrogen-bond donors (Lipinski definition) is 2. The van der Waals surface area contributed by atoms with E-state index >= 15 is 0 Å². The second-order valence-electron chi connectivity index (χ2n) is 5.10. The quantitative estimate of drug-likeness (QED) is 0.655. The van der Waals surface area contributed by atoms with Crippen molar-refractivity contribution in [1.82, 2.24) is 20.3 Å². The SMILES string of the molecule is CCCNCCCc1csc(-c2c[nH]c3ncccc23)n1. The number of hydrogen-bond acceptors (Lipinski definition) is 4. The lowest BCUT2D eigenvalue weighted by atomic mass is 10.2. The third kappa shape index (κ3) is 3.31. The molecule has 0 aliphatic rings. The fraction of sp³-hybridized carbons (Fsp3) is 0.375. The Kier molecular flexibility index (Phi) is 4.62. The van der Waals surface area contributed by atoms with Crippen LogP contribution in [0.15, 0.2) is 29.9 Å². The maximum Gasteiger partial charge on any atom is 0.137 e. The Hall–Kier alpha value is -1.72. The first-order chi connectivity index (χ1) is 10.4. The molecule has 0 bridgehead atoms. The van der Waals surface area contributed by atoms with E-state index in [1.165, 1.54) is 12.1 Å². The first-order valence-electron chi connectivity index (χ1n) is 7.46. The van der Waals surface area contributed by atoms with Crippen LogP contribution in [-0.2, 0) is 6.42 Å². The van der Waals surface area contributed by atoms with Gasteiger partial charge >= 0.3 is 0 Å². The van der Waals surface area contributed by atoms with Crippen LogP contribution in [0.1, 0.15) is 25.5 Å². The summed E-state index contributed by atoms with van der Waals surface area (Å²) in [7, 11) is 0. The normalized spacial score (nSPS) is 11.3. The minimum absolute atomic E-state index is 0.924. The number of rotatable bonds is 7. The van der Waals surface area contributed by atoms with Crippen LogP contribution in [0.25, 0.3) is 21.6 Å². The predicted octanol–water partition coefficient (Wildman–Crippen LogP) is 3.62. The lowest BCUT2D eigenvalue weighted by molar-refractivity contribution is 0.637. The molecule has 0 amide bonds. The number of nitrogens with one attached hydrogen (secondary N) is 2. The Morgan fingerprint density at radius 1 is 1.33 bits per heavy atom. The zero-order valence-electron chi connectivity index (χ0n) is 12.2. The smallest absolute Gasteiger partial charge is 0.137 e. The standard InChI is InChI=1S/C16H20N4S/c1-2-7-17-8-3-5-12-11-21-16(20-12)14-10-19-15-13(14)6-4-9-18-15/h4,6,9-11,17H,2-3,5,7-8H2,1H3,(H,18,19). The van der Waals surface area contributed by atoms with Crippen molar-refractivity contribution in [3.05, 3.63) is 35.6 Å². The second-order valence-corrected chi connectivity index (χ2v) is 5.96. The van der Waals surface area contributed by atoms with E-state index < -0.39 is 0 Å². The fourth-order valence-electron chi connectivity index (χ4n) is 2.37. The Balaban J connectivity index is 1.67. The molecule has 3 aromatic heterocycles. The Morgan fingerprint density at radius 2 is 2.29 bits per heavy atom. The fourth-order valence-corrected chi connectivity index (χ4v) is 3.26. The highest BCUT2D eigenvalue weighted by molar-refractivity contribution is 7.13. The third-order valence-electron chi connectivity index (χ3n) is 3.45. The molecule has 0 unspecified atom stereocenters. The molecule has 0 fully saturated rings. The lowest BCUT2D eigenvalue weighted by Gasteiger charge is -2.00. The van der Waals surface area contributed by atoms with Crippen molar-refractivity contribution in [2.45, 2.75) is 26.2 Å². The average Bonchev–Trinajstić information content (AvgIpc) is 3.13. The molecule has 2 N–H and O–H groups in total. The van der Waals surface area contributed by atoms with Crippen molar-refractivity contribution in [3.8, 4) is 10.6 Å². The van der Waals surface area contributed by atoms with Crippen LogP contribution in [0.2, 0.25) is 0 Å². The number of fused-ring (bicyclic) bond motifs is 1. The maximum absolute atomic E-state index is 4.76. The minimum atomic E-state index is 0.924. The van der Waals surface area contributed by atoms with E-state index in [1.807, 2.05) is 12.3 Å². The molecule has 3 rings (SSSR count). The largest absolute Gasteiger partial charge is 0.345 e. The second kappa shape index (κ2) is 6.83. The summed E-state index contributed by atoms with van der Waals surface area (Å²) < 4.78 is 0. The summed E-state index contributed by atoms with van der Waals surface area (Å²) in [6.07, 6.45) is 7.17. The monoisotopic (exact) mass is 300 g/mol. The lowest BCUT2D eigenvalue weighted by Crippen LogP contribution is -2.16. The number of H-pyrrole nitrogens is 1. The Labute approximate surface area is 128 Å². The molecular formula is C16H20N4S. The summed E-state index contributed by atoms with van der Waals surface area (Å²) in [5, 5.41) is 7.81. The van der Waals surface area contributed by atoms with Crippen molar-refractivity contribution in [2.75, 3.05) is 13.1 Å². The van der Waals surface area contributed by atoms with Crippen molar-refractivity contribution >= 4 is 22.4 Å². The van der Waals surface area contributed by atoms with Gasteiger partial charge in [-0.2, -0.15) is 0 Å². The average molecular weight is 300 g/mol. The van der Waals surface area contributed by atoms with Gasteiger partial charge in [0.25, 0.3) is 0 Å². The molecule has 0 atom stereocenters. The molecule has 21 heavy (non-hydrogen) atoms. The molecule has 3 heterocycles. The highest BCUT2D eigenvalue weighted by atomic mass is 32.1. The van der Waals surface area contributed by atoms with Crippen molar-refractivity contribution in [2.24, 2.45) is 0 Å². The van der Waals surface area contributed by atoms with E-state index in [0.29, 0.717) is 0 Å². The highest BCUT2D eigenvalue weighted by Gasteiger charge is 2.10. The molecule has 3 aromatic rings. The van der Waals surface area contributed by atoms with Gasteiger partial charge in [0, 0.05) is 28.7 Å². The number of thiazole rings is 1. The molecule has 0 aliphatic heterocycles. The van der Waals surface area contributed by atoms with E-state index in [0.717, 1.165) is 47.5 Å². The van der Waals surface area contributed by atoms with Crippen LogP contribution in [0.4, 0.5) is 0 Å². The number of aryl methyl sites for hydroxylation is 1. The van der Waals surface area contributed by atoms with Crippen LogP contribution < -0.4 is 5.32 Å². The highest BCUT2D eigenvalue weighted by Crippen LogP contribution is 2.30. The van der Waals surface area contributed by atoms with Crippen LogP contribution in [0.3, 0.4) is 0 Å². The molecule has 4 nitrogen and oxygen atoms in total. The van der Waals surface area contributed by atoms with Gasteiger partial charge in [0.1, 0.15) is 10.7 Å². The van der Waals surface area contributed by atoms with Gasteiger partial charge in [-0.05, 0) is 44.5 Å². The Morgan fingerprint density at radius 3 is 3.19 bits per heavy atom. The molecule has 0 spiro atoms. The van der Waals surface area contributed by atoms with Gasteiger partial charge in [0.05, 0.1) is 5.69 Å². The van der Waals surface area contributed by atoms with Crippen LogP contribution in [0, 0.1) is 0 Å². The zero-order valence-corrected chi connectivity index (χ0v) is 13.0. The molecule has 0 saturated carbocycles. The van der Waals surface area contributed by atoms with Crippen LogP contribution >= 0.6 is 11.3 Å². The van der Waals surface area contributed by atoms with Crippen LogP contribution in [0.5, 0.6) is 0 Å². The van der Waals surface area contributed by atoms with Crippen molar-refractivity contribution in [1.29, 1.82) is 0 Å². The molecule has 0 aliphatic carbocycles. The number of pyridine rings is 1. The number of aromatic amines is 1. The van der Waals surface area contributed by atoms with E-state index in [2.05, 4.69) is 33.7 Å². The first-order valence-corrected chi connectivity index (χ1v) is 8.34. The molecular weight excluding hydrogens is 280 g/mol. The maximum atomic E-state index is 4.76. The van der Waals surface area contributed by atoms with Crippen molar-refractivity contribution < 1.29 is 0 Å². The summed E-state index contributed by atoms with van der Waals surface area (Å²) in [5.41, 5.74) is 3.26. The molecule has 0 saturated heterocycles. The minimum Gasteiger partial charge on any atom is -0.345 e. The number of aromatic nitrogens is 3. The van der Waals surface area contributed by atoms with E-state index in [1.54, 1.807) is 17.5 Å². The molecule has 110 valence electrons. The summed E-state index contributed by atoms with van der Waals surface area (Å²) in [6.45, 7) is 4.36. The van der Waals surface area contributed by atoms with Gasteiger partial charge in [0.2, 0.25) is 0 Å². The van der Waals surface area contributed by atoms with Gasteiger partial charge in [-0.15, -0.1) is 11.3 Å². The molecule has 0 aromatic carbocycles. The van der Waals surface area contributed by atoms with Gasteiger partial charge in [-0.1, -0.05) is 6.92 Å². The topological polar surface area (TPSA) is 53.6 Å². The van der Waals surface area contributed by atoms with E-state index in [9.17, 15) is 0 Å². The van der Waals surface area contributed by atoms with E-state index in [4.69, 9.17) is 4.98 Å². The summed E-state index contributed by atoms with van der Waals surface area (Å²) in [5.74, 6) is 0. The molecule has 5 heteroatoms. The van der Waals surface area contributed by atoms with Gasteiger partial charge in [0.15, 0.2) is 0 Å². The zero-order chi connectivity index (χ0) is 14.5. The summed E-state index contributed by atoms with van der Waals surface area (Å²) in [6, 6.07) is 4.05. The molecule has 0 radical (unpaired) electrons. The van der Waals surface area contributed by atoms with Gasteiger partial charge < -0.3 is 10.3 Å².